The van der Waals surface area contributed by atoms with E-state index in [9.17, 15) is 4.79 Å². The Kier molecular flexibility index (Phi) is 4.40. The Bertz CT molecular complexity index is 254. The molecule has 2 aliphatic rings. The van der Waals surface area contributed by atoms with Crippen LogP contribution < -0.4 is 5.32 Å². The van der Waals surface area contributed by atoms with Crippen LogP contribution in [0.15, 0.2) is 0 Å². The van der Waals surface area contributed by atoms with Crippen LogP contribution in [-0.4, -0.2) is 49.7 Å². The van der Waals surface area contributed by atoms with Crippen molar-refractivity contribution in [3.63, 3.8) is 0 Å². The second-order valence-electron chi connectivity index (χ2n) is 5.17. The molecular formula is C13H24N2O2. The van der Waals surface area contributed by atoms with Crippen molar-refractivity contribution in [2.45, 2.75) is 44.1 Å². The average molecular weight is 240 g/mol. The maximum absolute atomic E-state index is 12.3. The molecule has 0 amide bonds. The zero-order chi connectivity index (χ0) is 12.1. The standard InChI is InChI=1S/C13H24N2O2/c1-17-12(16)13(6-4-2-3-5-7-13)15-10-8-14-9-11-15/h14H,2-11H2,1H3. The van der Waals surface area contributed by atoms with Crippen LogP contribution in [0, 0.1) is 0 Å². The molecule has 0 radical (unpaired) electrons. The highest BCUT2D eigenvalue weighted by Crippen LogP contribution is 2.33. The van der Waals surface area contributed by atoms with Crippen LogP contribution in [0.1, 0.15) is 38.5 Å². The van der Waals surface area contributed by atoms with Crippen LogP contribution in [0.4, 0.5) is 0 Å². The zero-order valence-corrected chi connectivity index (χ0v) is 10.8. The van der Waals surface area contributed by atoms with Crippen LogP contribution >= 0.6 is 0 Å². The van der Waals surface area contributed by atoms with Gasteiger partial charge in [0.2, 0.25) is 0 Å². The van der Waals surface area contributed by atoms with Crippen molar-refractivity contribution in [1.29, 1.82) is 0 Å². The summed E-state index contributed by atoms with van der Waals surface area (Å²) in [6.07, 6.45) is 6.76. The van der Waals surface area contributed by atoms with Gasteiger partial charge in [-0.1, -0.05) is 25.7 Å². The number of esters is 1. The van der Waals surface area contributed by atoms with E-state index in [1.807, 2.05) is 0 Å². The second-order valence-corrected chi connectivity index (χ2v) is 5.17. The fourth-order valence-electron chi connectivity index (χ4n) is 3.25. The average Bonchev–Trinajstić information content (AvgIpc) is 2.65. The highest BCUT2D eigenvalue weighted by molar-refractivity contribution is 5.80. The molecule has 1 aliphatic heterocycles. The fourth-order valence-corrected chi connectivity index (χ4v) is 3.25. The third kappa shape index (κ3) is 2.63. The number of ether oxygens (including phenoxy) is 1. The molecule has 0 aromatic heterocycles. The van der Waals surface area contributed by atoms with Crippen molar-refractivity contribution < 1.29 is 9.53 Å². The molecule has 1 N–H and O–H groups in total. The summed E-state index contributed by atoms with van der Waals surface area (Å²) in [4.78, 5) is 14.6. The van der Waals surface area contributed by atoms with E-state index in [2.05, 4.69) is 10.2 Å². The first kappa shape index (κ1) is 12.8. The number of carbonyl (C=O) groups excluding carboxylic acids is 1. The normalized spacial score (nSPS) is 26.2. The topological polar surface area (TPSA) is 41.6 Å². The molecule has 0 bridgehead atoms. The molecule has 4 heteroatoms. The van der Waals surface area contributed by atoms with Gasteiger partial charge in [-0.05, 0) is 12.8 Å². The van der Waals surface area contributed by atoms with Gasteiger partial charge in [-0.3, -0.25) is 9.69 Å². The van der Waals surface area contributed by atoms with E-state index in [0.717, 1.165) is 51.9 Å². The van der Waals surface area contributed by atoms with E-state index >= 15 is 0 Å². The number of rotatable bonds is 2. The summed E-state index contributed by atoms with van der Waals surface area (Å²) < 4.78 is 5.10. The Labute approximate surface area is 104 Å². The van der Waals surface area contributed by atoms with E-state index in [0.29, 0.717) is 0 Å². The van der Waals surface area contributed by atoms with Gasteiger partial charge in [0.05, 0.1) is 7.11 Å². The van der Waals surface area contributed by atoms with Gasteiger partial charge in [0.1, 0.15) is 5.54 Å². The maximum atomic E-state index is 12.3. The Morgan fingerprint density at radius 2 is 1.71 bits per heavy atom. The zero-order valence-electron chi connectivity index (χ0n) is 10.8. The van der Waals surface area contributed by atoms with E-state index < -0.39 is 0 Å². The lowest BCUT2D eigenvalue weighted by Gasteiger charge is -2.43. The van der Waals surface area contributed by atoms with Gasteiger partial charge < -0.3 is 10.1 Å². The maximum Gasteiger partial charge on any atom is 0.326 e. The minimum atomic E-state index is -0.326. The molecule has 0 atom stereocenters. The minimum Gasteiger partial charge on any atom is -0.468 e. The lowest BCUT2D eigenvalue weighted by atomic mass is 9.87. The number of piperazine rings is 1. The summed E-state index contributed by atoms with van der Waals surface area (Å²) in [7, 11) is 1.52. The Morgan fingerprint density at radius 3 is 2.24 bits per heavy atom. The first-order chi connectivity index (χ1) is 8.29. The molecule has 1 aliphatic carbocycles. The van der Waals surface area contributed by atoms with Crippen molar-refractivity contribution in [3.05, 3.63) is 0 Å². The van der Waals surface area contributed by atoms with Crippen LogP contribution in [0.25, 0.3) is 0 Å². The van der Waals surface area contributed by atoms with Gasteiger partial charge in [0.25, 0.3) is 0 Å². The van der Waals surface area contributed by atoms with Gasteiger partial charge in [0.15, 0.2) is 0 Å². The Hall–Kier alpha value is -0.610. The van der Waals surface area contributed by atoms with Crippen LogP contribution in [0.5, 0.6) is 0 Å². The molecule has 0 aromatic carbocycles. The summed E-state index contributed by atoms with van der Waals surface area (Å²) in [5.41, 5.74) is -0.326. The third-order valence-corrected chi connectivity index (χ3v) is 4.22. The molecule has 17 heavy (non-hydrogen) atoms. The molecule has 1 heterocycles. The molecule has 1 saturated carbocycles. The van der Waals surface area contributed by atoms with Crippen molar-refractivity contribution in [1.82, 2.24) is 10.2 Å². The summed E-state index contributed by atoms with van der Waals surface area (Å²) in [5.74, 6) is -0.0127. The van der Waals surface area contributed by atoms with Crippen molar-refractivity contribution in [2.75, 3.05) is 33.3 Å². The molecule has 2 rings (SSSR count). The molecule has 0 aromatic rings. The second kappa shape index (κ2) is 5.83. The molecule has 2 fully saturated rings. The van der Waals surface area contributed by atoms with Crippen molar-refractivity contribution >= 4 is 5.97 Å². The molecular weight excluding hydrogens is 216 g/mol. The molecule has 98 valence electrons. The van der Waals surface area contributed by atoms with Gasteiger partial charge in [-0.2, -0.15) is 0 Å². The van der Waals surface area contributed by atoms with Gasteiger partial charge in [-0.15, -0.1) is 0 Å². The summed E-state index contributed by atoms with van der Waals surface area (Å²) in [5, 5.41) is 3.35. The smallest absolute Gasteiger partial charge is 0.326 e. The van der Waals surface area contributed by atoms with Crippen LogP contribution in [0.2, 0.25) is 0 Å². The predicted octanol–water partition coefficient (Wildman–Crippen LogP) is 1.16. The van der Waals surface area contributed by atoms with Crippen molar-refractivity contribution in [2.24, 2.45) is 0 Å². The van der Waals surface area contributed by atoms with E-state index in [1.54, 1.807) is 0 Å². The lowest BCUT2D eigenvalue weighted by Crippen LogP contribution is -2.60. The van der Waals surface area contributed by atoms with Crippen LogP contribution in [-0.2, 0) is 9.53 Å². The van der Waals surface area contributed by atoms with Crippen LogP contribution in [0.3, 0.4) is 0 Å². The SMILES string of the molecule is COC(=O)C1(N2CCNCC2)CCCCCC1. The number of hydrogen-bond acceptors (Lipinski definition) is 4. The first-order valence-corrected chi connectivity index (χ1v) is 6.84. The number of nitrogens with zero attached hydrogens (tertiary/aromatic N) is 1. The quantitative estimate of drug-likeness (QED) is 0.581. The number of carbonyl (C=O) groups is 1. The minimum absolute atomic E-state index is 0.0127. The summed E-state index contributed by atoms with van der Waals surface area (Å²) in [6.45, 7) is 3.90. The van der Waals surface area contributed by atoms with E-state index in [1.165, 1.54) is 20.0 Å². The molecule has 4 nitrogen and oxygen atoms in total. The number of hydrogen-bond donors (Lipinski definition) is 1. The highest BCUT2D eigenvalue weighted by atomic mass is 16.5. The summed E-state index contributed by atoms with van der Waals surface area (Å²) >= 11 is 0. The predicted molar refractivity (Wildman–Crippen MR) is 66.9 cm³/mol. The third-order valence-electron chi connectivity index (χ3n) is 4.22. The number of methoxy groups -OCH3 is 1. The largest absolute Gasteiger partial charge is 0.468 e. The van der Waals surface area contributed by atoms with Gasteiger partial charge in [-0.25, -0.2) is 0 Å². The molecule has 0 unspecified atom stereocenters. The lowest BCUT2D eigenvalue weighted by molar-refractivity contribution is -0.157. The first-order valence-electron chi connectivity index (χ1n) is 6.84. The molecule has 1 saturated heterocycles. The van der Waals surface area contributed by atoms with E-state index in [-0.39, 0.29) is 11.5 Å². The fraction of sp³-hybridized carbons (Fsp3) is 0.923. The number of nitrogens with one attached hydrogen (secondary N) is 1. The summed E-state index contributed by atoms with van der Waals surface area (Å²) in [6, 6.07) is 0. The molecule has 0 spiro atoms. The van der Waals surface area contributed by atoms with Gasteiger partial charge >= 0.3 is 5.97 Å². The van der Waals surface area contributed by atoms with Crippen molar-refractivity contribution in [3.8, 4) is 0 Å². The monoisotopic (exact) mass is 240 g/mol. The Morgan fingerprint density at radius 1 is 1.12 bits per heavy atom. The highest BCUT2D eigenvalue weighted by Gasteiger charge is 2.45. The van der Waals surface area contributed by atoms with E-state index in [4.69, 9.17) is 4.74 Å². The van der Waals surface area contributed by atoms with Gasteiger partial charge in [0, 0.05) is 26.2 Å². The Balaban J connectivity index is 2.17.